The molecule has 1 unspecified atom stereocenters. The molecular formula is C14H18N6O2. The Morgan fingerprint density at radius 2 is 2.14 bits per heavy atom. The van der Waals surface area contributed by atoms with Crippen LogP contribution in [0.15, 0.2) is 17.2 Å². The highest BCUT2D eigenvalue weighted by molar-refractivity contribution is 5.87. The van der Waals surface area contributed by atoms with E-state index in [-0.39, 0.29) is 11.5 Å². The lowest BCUT2D eigenvalue weighted by atomic mass is 9.86. The summed E-state index contributed by atoms with van der Waals surface area (Å²) >= 11 is 0. The monoisotopic (exact) mass is 302 g/mol. The van der Waals surface area contributed by atoms with E-state index >= 15 is 0 Å². The Bertz CT molecular complexity index is 781. The molecule has 4 rings (SSSR count). The van der Waals surface area contributed by atoms with Gasteiger partial charge in [0.1, 0.15) is 11.9 Å². The number of hydrogen-bond acceptors (Lipinski definition) is 5. The number of nitrogens with one attached hydrogen (secondary N) is 2. The second kappa shape index (κ2) is 4.91. The predicted molar refractivity (Wildman–Crippen MR) is 78.2 cm³/mol. The van der Waals surface area contributed by atoms with Crippen molar-refractivity contribution in [2.75, 3.05) is 13.1 Å². The van der Waals surface area contributed by atoms with Crippen LogP contribution < -0.4 is 10.9 Å². The van der Waals surface area contributed by atoms with E-state index < -0.39 is 5.54 Å². The fraction of sp³-hybridized carbons (Fsp3) is 0.571. The fourth-order valence-corrected chi connectivity index (χ4v) is 3.71. The Morgan fingerprint density at radius 1 is 1.27 bits per heavy atom. The number of fused-ring (bicyclic) bond motifs is 1. The molecule has 0 aromatic carbocycles. The van der Waals surface area contributed by atoms with Gasteiger partial charge < -0.3 is 5.32 Å². The van der Waals surface area contributed by atoms with Crippen molar-refractivity contribution in [3.63, 3.8) is 0 Å². The number of aromatic amines is 1. The molecule has 1 amide bonds. The Hall–Kier alpha value is -2.22. The number of hydrogen-bond donors (Lipinski definition) is 2. The molecule has 0 radical (unpaired) electrons. The van der Waals surface area contributed by atoms with Crippen molar-refractivity contribution in [2.45, 2.75) is 37.8 Å². The molecule has 2 fully saturated rings. The van der Waals surface area contributed by atoms with Gasteiger partial charge in [-0.15, -0.1) is 0 Å². The highest BCUT2D eigenvalue weighted by Crippen LogP contribution is 2.36. The molecule has 2 aliphatic heterocycles. The molecule has 0 aliphatic carbocycles. The average Bonchev–Trinajstić information content (AvgIpc) is 3.11. The van der Waals surface area contributed by atoms with Crippen LogP contribution in [0.1, 0.15) is 31.4 Å². The highest BCUT2D eigenvalue weighted by Gasteiger charge is 2.48. The molecule has 8 heteroatoms. The second-order valence-corrected chi connectivity index (χ2v) is 6.02. The van der Waals surface area contributed by atoms with Crippen LogP contribution in [0.4, 0.5) is 0 Å². The number of likely N-dealkylation sites (tertiary alicyclic amines) is 1. The predicted octanol–water partition coefficient (Wildman–Crippen LogP) is -0.338. The molecule has 8 nitrogen and oxygen atoms in total. The van der Waals surface area contributed by atoms with Gasteiger partial charge in [-0.2, -0.15) is 4.52 Å². The molecule has 1 spiro atoms. The third-order valence-electron chi connectivity index (χ3n) is 4.77. The van der Waals surface area contributed by atoms with Crippen molar-refractivity contribution in [1.29, 1.82) is 0 Å². The second-order valence-electron chi connectivity index (χ2n) is 6.02. The summed E-state index contributed by atoms with van der Waals surface area (Å²) in [6.45, 7) is 2.12. The molecule has 1 atom stereocenters. The number of carbonyl (C=O) groups excluding carboxylic acids is 1. The molecule has 4 heterocycles. The van der Waals surface area contributed by atoms with Gasteiger partial charge in [-0.05, 0) is 32.2 Å². The summed E-state index contributed by atoms with van der Waals surface area (Å²) in [5.74, 6) is 0.484. The lowest BCUT2D eigenvalue weighted by Crippen LogP contribution is -2.58. The van der Waals surface area contributed by atoms with Gasteiger partial charge in [0.2, 0.25) is 5.91 Å². The molecule has 2 aromatic rings. The maximum atomic E-state index is 12.4. The van der Waals surface area contributed by atoms with Crippen molar-refractivity contribution >= 4 is 11.7 Å². The summed E-state index contributed by atoms with van der Waals surface area (Å²) in [4.78, 5) is 35.0. The van der Waals surface area contributed by atoms with Gasteiger partial charge in [0.15, 0.2) is 0 Å². The molecule has 0 saturated carbocycles. The number of amides is 1. The van der Waals surface area contributed by atoms with Crippen molar-refractivity contribution in [1.82, 2.24) is 29.8 Å². The van der Waals surface area contributed by atoms with E-state index in [1.807, 2.05) is 0 Å². The topological polar surface area (TPSA) is 95.4 Å². The number of piperidine rings is 1. The first-order valence-electron chi connectivity index (χ1n) is 7.64. The summed E-state index contributed by atoms with van der Waals surface area (Å²) in [6, 6.07) is 1.51. The van der Waals surface area contributed by atoms with Crippen LogP contribution >= 0.6 is 0 Å². The first-order chi connectivity index (χ1) is 10.7. The van der Waals surface area contributed by atoms with Crippen molar-refractivity contribution in [3.8, 4) is 0 Å². The van der Waals surface area contributed by atoms with E-state index in [0.29, 0.717) is 18.0 Å². The summed E-state index contributed by atoms with van der Waals surface area (Å²) in [5, 5.41) is 5.71. The van der Waals surface area contributed by atoms with E-state index in [2.05, 4.69) is 25.3 Å². The van der Waals surface area contributed by atoms with Gasteiger partial charge >= 0.3 is 0 Å². The Kier molecular flexibility index (Phi) is 3.00. The molecule has 0 bridgehead atoms. The van der Waals surface area contributed by atoms with E-state index in [1.165, 1.54) is 16.9 Å². The summed E-state index contributed by atoms with van der Waals surface area (Å²) in [5.41, 5.74) is 0.0620. The lowest BCUT2D eigenvalue weighted by molar-refractivity contribution is -0.134. The quantitative estimate of drug-likeness (QED) is 0.791. The molecule has 116 valence electrons. The smallest absolute Gasteiger partial charge is 0.274 e. The first-order valence-corrected chi connectivity index (χ1v) is 7.64. The largest absolute Gasteiger partial charge is 0.354 e. The number of nitrogens with zero attached hydrogens (tertiary/aromatic N) is 4. The molecule has 2 aromatic heterocycles. The van der Waals surface area contributed by atoms with E-state index in [1.54, 1.807) is 0 Å². The standard InChI is InChI=1S/C14H18N6O2/c21-11-7-10(18-13-16-9-17-20(11)13)8-19-6-2-4-14(19)3-1-5-15-12(14)22/h7,9H,1-6,8H2,(H,15,22)(H,16,17,18). The summed E-state index contributed by atoms with van der Waals surface area (Å²) < 4.78 is 1.30. The van der Waals surface area contributed by atoms with Gasteiger partial charge in [0.25, 0.3) is 11.3 Å². The third kappa shape index (κ3) is 1.94. The van der Waals surface area contributed by atoms with Crippen LogP contribution in [-0.4, -0.2) is 49.0 Å². The Labute approximate surface area is 126 Å². The third-order valence-corrected chi connectivity index (χ3v) is 4.77. The maximum Gasteiger partial charge on any atom is 0.274 e. The molecule has 2 aliphatic rings. The lowest BCUT2D eigenvalue weighted by Gasteiger charge is -2.39. The number of aromatic nitrogens is 4. The average molecular weight is 302 g/mol. The van der Waals surface area contributed by atoms with Crippen LogP contribution in [0.25, 0.3) is 5.78 Å². The molecule has 22 heavy (non-hydrogen) atoms. The van der Waals surface area contributed by atoms with Crippen LogP contribution in [0.5, 0.6) is 0 Å². The number of rotatable bonds is 2. The molecule has 2 saturated heterocycles. The zero-order chi connectivity index (χ0) is 15.2. The number of H-pyrrole nitrogens is 1. The van der Waals surface area contributed by atoms with Crippen LogP contribution in [-0.2, 0) is 11.3 Å². The van der Waals surface area contributed by atoms with Gasteiger partial charge in [-0.1, -0.05) is 0 Å². The van der Waals surface area contributed by atoms with Crippen molar-refractivity contribution in [3.05, 3.63) is 28.4 Å². The normalized spacial score (nSPS) is 25.9. The minimum absolute atomic E-state index is 0.119. The Morgan fingerprint density at radius 3 is 3.00 bits per heavy atom. The summed E-state index contributed by atoms with van der Waals surface area (Å²) in [6.07, 6.45) is 5.19. The minimum Gasteiger partial charge on any atom is -0.354 e. The van der Waals surface area contributed by atoms with Crippen molar-refractivity contribution < 1.29 is 4.79 Å². The van der Waals surface area contributed by atoms with Crippen molar-refractivity contribution in [2.24, 2.45) is 0 Å². The van der Waals surface area contributed by atoms with Gasteiger partial charge in [-0.3, -0.25) is 19.6 Å². The van der Waals surface area contributed by atoms with E-state index in [4.69, 9.17) is 0 Å². The molecular weight excluding hydrogens is 284 g/mol. The summed E-state index contributed by atoms with van der Waals surface area (Å²) in [7, 11) is 0. The molecule has 2 N–H and O–H groups in total. The highest BCUT2D eigenvalue weighted by atomic mass is 16.2. The van der Waals surface area contributed by atoms with Gasteiger partial charge in [0.05, 0.1) is 5.69 Å². The van der Waals surface area contributed by atoms with Crippen LogP contribution in [0.2, 0.25) is 0 Å². The zero-order valence-electron chi connectivity index (χ0n) is 12.2. The van der Waals surface area contributed by atoms with Gasteiger partial charge in [0, 0.05) is 19.2 Å². The SMILES string of the molecule is O=C1NCCCC12CCCN2Cc1cc(=O)n2[nH]cnc2n1. The van der Waals surface area contributed by atoms with Crippen LogP contribution in [0.3, 0.4) is 0 Å². The fourth-order valence-electron chi connectivity index (χ4n) is 3.71. The number of carbonyl (C=O) groups is 1. The van der Waals surface area contributed by atoms with E-state index in [9.17, 15) is 9.59 Å². The Balaban J connectivity index is 1.66. The van der Waals surface area contributed by atoms with Gasteiger partial charge in [-0.25, -0.2) is 9.97 Å². The van der Waals surface area contributed by atoms with E-state index in [0.717, 1.165) is 38.8 Å². The maximum absolute atomic E-state index is 12.4. The zero-order valence-corrected chi connectivity index (χ0v) is 12.2. The first kappa shape index (κ1) is 13.4. The minimum atomic E-state index is -0.420. The van der Waals surface area contributed by atoms with Crippen LogP contribution in [0, 0.1) is 0 Å².